The van der Waals surface area contributed by atoms with Gasteiger partial charge in [-0.1, -0.05) is 23.2 Å². The van der Waals surface area contributed by atoms with E-state index in [1.807, 2.05) is 0 Å². The molecule has 1 aromatic carbocycles. The van der Waals surface area contributed by atoms with Gasteiger partial charge in [-0.05, 0) is 43.2 Å². The highest BCUT2D eigenvalue weighted by atomic mass is 35.5. The number of fused-ring (bicyclic) bond motifs is 1. The average Bonchev–Trinajstić information content (AvgIpc) is 3.25. The minimum atomic E-state index is -4.27. The van der Waals surface area contributed by atoms with Crippen molar-refractivity contribution in [2.45, 2.75) is 30.7 Å². The first-order valence-corrected chi connectivity index (χ1v) is 11.8. The molecule has 0 unspecified atom stereocenters. The molecule has 2 aromatic heterocycles. The number of amides is 1. The highest BCUT2D eigenvalue weighted by Gasteiger charge is 2.44. The highest BCUT2D eigenvalue weighted by Crippen LogP contribution is 2.43. The molecule has 0 aliphatic carbocycles. The Kier molecular flexibility index (Phi) is 5.41. The molecule has 3 heterocycles. The third-order valence-corrected chi connectivity index (χ3v) is 7.52. The summed E-state index contributed by atoms with van der Waals surface area (Å²) < 4.78 is 45.6. The minimum absolute atomic E-state index is 0.00717. The zero-order chi connectivity index (χ0) is 22.6. The SMILES string of the molecule is CC1(C)C(=O)N(Cc2cc(F)c(S(=O)(=O)Nc3ncns3)cc2Cl)c2cnc(Cl)cc21. The number of hydrogen-bond donors (Lipinski definition) is 1. The number of carbonyl (C=O) groups is 1. The molecule has 8 nitrogen and oxygen atoms in total. The van der Waals surface area contributed by atoms with Gasteiger partial charge in [-0.3, -0.25) is 9.52 Å². The zero-order valence-corrected chi connectivity index (χ0v) is 19.2. The van der Waals surface area contributed by atoms with Crippen LogP contribution in [-0.4, -0.2) is 28.7 Å². The number of benzene rings is 1. The minimum Gasteiger partial charge on any atom is -0.305 e. The second-order valence-corrected chi connectivity index (χ2v) is 10.5. The second kappa shape index (κ2) is 7.66. The standard InChI is InChI=1S/C18H14Cl2FN5O3S2/c1-18(2)10-4-15(20)22-6-13(10)26(16(18)27)7-9-3-12(21)14(5-11(9)19)31(28,29)25-17-23-8-24-30-17/h3-6,8H,7H2,1-2H3,(H,23,24,25). The maximum atomic E-state index is 14.8. The van der Waals surface area contributed by atoms with Crippen molar-refractivity contribution in [3.63, 3.8) is 0 Å². The lowest BCUT2D eigenvalue weighted by Gasteiger charge is -2.21. The van der Waals surface area contributed by atoms with Crippen LogP contribution >= 0.6 is 34.7 Å². The van der Waals surface area contributed by atoms with E-state index in [9.17, 15) is 17.6 Å². The second-order valence-electron chi connectivity index (χ2n) is 7.27. The van der Waals surface area contributed by atoms with Gasteiger partial charge in [-0.15, -0.1) is 0 Å². The largest absolute Gasteiger partial charge is 0.305 e. The van der Waals surface area contributed by atoms with Crippen LogP contribution in [0.2, 0.25) is 10.2 Å². The summed E-state index contributed by atoms with van der Waals surface area (Å²) in [7, 11) is -4.27. The van der Waals surface area contributed by atoms with E-state index in [1.54, 1.807) is 19.9 Å². The lowest BCUT2D eigenvalue weighted by Crippen LogP contribution is -2.35. The van der Waals surface area contributed by atoms with Crippen LogP contribution in [-0.2, 0) is 26.8 Å². The third-order valence-electron chi connectivity index (χ3n) is 4.90. The Morgan fingerprint density at radius 3 is 2.65 bits per heavy atom. The first kappa shape index (κ1) is 21.9. The van der Waals surface area contributed by atoms with Crippen LogP contribution in [0.1, 0.15) is 25.0 Å². The van der Waals surface area contributed by atoms with Crippen molar-refractivity contribution in [3.05, 3.63) is 57.8 Å². The molecule has 1 N–H and O–H groups in total. The van der Waals surface area contributed by atoms with Gasteiger partial charge in [0.25, 0.3) is 10.0 Å². The fourth-order valence-electron chi connectivity index (χ4n) is 3.31. The fraction of sp³-hybridized carbons (Fsp3) is 0.222. The topological polar surface area (TPSA) is 105 Å². The number of pyridine rings is 1. The third kappa shape index (κ3) is 3.86. The first-order valence-electron chi connectivity index (χ1n) is 8.76. The van der Waals surface area contributed by atoms with Gasteiger partial charge in [0.2, 0.25) is 11.0 Å². The van der Waals surface area contributed by atoms with Gasteiger partial charge >= 0.3 is 0 Å². The molecule has 0 fully saturated rings. The number of carbonyl (C=O) groups excluding carboxylic acids is 1. The average molecular weight is 502 g/mol. The Bertz CT molecular complexity index is 1300. The lowest BCUT2D eigenvalue weighted by molar-refractivity contribution is -0.122. The lowest BCUT2D eigenvalue weighted by atomic mass is 9.87. The van der Waals surface area contributed by atoms with Gasteiger partial charge in [0.15, 0.2) is 0 Å². The molecular formula is C18H14Cl2FN5O3S2. The molecule has 1 aliphatic heterocycles. The molecule has 31 heavy (non-hydrogen) atoms. The summed E-state index contributed by atoms with van der Waals surface area (Å²) in [5, 5.41) is 0.232. The van der Waals surface area contributed by atoms with E-state index in [1.165, 1.54) is 17.4 Å². The molecule has 0 saturated carbocycles. The maximum absolute atomic E-state index is 14.8. The molecule has 4 rings (SSSR count). The van der Waals surface area contributed by atoms with Gasteiger partial charge in [0, 0.05) is 16.6 Å². The maximum Gasteiger partial charge on any atom is 0.266 e. The quantitative estimate of drug-likeness (QED) is 0.529. The summed E-state index contributed by atoms with van der Waals surface area (Å²) in [6.45, 7) is 3.43. The summed E-state index contributed by atoms with van der Waals surface area (Å²) in [5.74, 6) is -1.26. The van der Waals surface area contributed by atoms with Crippen LogP contribution in [0.4, 0.5) is 15.2 Å². The summed E-state index contributed by atoms with van der Waals surface area (Å²) in [5.41, 5.74) is 0.600. The van der Waals surface area contributed by atoms with Crippen LogP contribution in [0, 0.1) is 5.82 Å². The smallest absolute Gasteiger partial charge is 0.266 e. The van der Waals surface area contributed by atoms with E-state index in [0.29, 0.717) is 11.3 Å². The fourth-order valence-corrected chi connectivity index (χ4v) is 5.51. The van der Waals surface area contributed by atoms with Crippen molar-refractivity contribution in [1.29, 1.82) is 0 Å². The van der Waals surface area contributed by atoms with Crippen LogP contribution < -0.4 is 9.62 Å². The van der Waals surface area contributed by atoms with Crippen molar-refractivity contribution in [1.82, 2.24) is 14.3 Å². The Hall–Kier alpha value is -2.34. The predicted molar refractivity (Wildman–Crippen MR) is 116 cm³/mol. The Morgan fingerprint density at radius 1 is 1.23 bits per heavy atom. The summed E-state index contributed by atoms with van der Waals surface area (Å²) in [6.07, 6.45) is 2.64. The number of sulfonamides is 1. The highest BCUT2D eigenvalue weighted by molar-refractivity contribution is 7.93. The molecular weight excluding hydrogens is 488 g/mol. The molecule has 1 aliphatic rings. The predicted octanol–water partition coefficient (Wildman–Crippen LogP) is 4.00. The van der Waals surface area contributed by atoms with E-state index in [4.69, 9.17) is 23.2 Å². The molecule has 0 radical (unpaired) electrons. The van der Waals surface area contributed by atoms with Gasteiger partial charge in [-0.2, -0.15) is 4.37 Å². The number of hydrogen-bond acceptors (Lipinski definition) is 7. The summed E-state index contributed by atoms with van der Waals surface area (Å²) in [6, 6.07) is 3.62. The van der Waals surface area contributed by atoms with Gasteiger partial charge in [0.05, 0.1) is 23.8 Å². The van der Waals surface area contributed by atoms with Crippen molar-refractivity contribution >= 4 is 61.5 Å². The first-order chi connectivity index (χ1) is 14.5. The monoisotopic (exact) mass is 501 g/mol. The van der Waals surface area contributed by atoms with E-state index in [2.05, 4.69) is 19.1 Å². The van der Waals surface area contributed by atoms with E-state index >= 15 is 0 Å². The molecule has 162 valence electrons. The molecule has 0 saturated heterocycles. The molecule has 1 amide bonds. The molecule has 0 atom stereocenters. The van der Waals surface area contributed by atoms with Gasteiger partial charge in [0.1, 0.15) is 22.2 Å². The van der Waals surface area contributed by atoms with Crippen molar-refractivity contribution in [2.24, 2.45) is 0 Å². The van der Waals surface area contributed by atoms with Gasteiger partial charge in [-0.25, -0.2) is 22.8 Å². The van der Waals surface area contributed by atoms with Gasteiger partial charge < -0.3 is 4.90 Å². The van der Waals surface area contributed by atoms with Crippen molar-refractivity contribution in [3.8, 4) is 0 Å². The van der Waals surface area contributed by atoms with Crippen molar-refractivity contribution in [2.75, 3.05) is 9.62 Å². The van der Waals surface area contributed by atoms with Crippen molar-refractivity contribution < 1.29 is 17.6 Å². The Morgan fingerprint density at radius 2 is 1.97 bits per heavy atom. The molecule has 13 heteroatoms. The number of rotatable bonds is 5. The van der Waals surface area contributed by atoms with Crippen LogP contribution in [0.5, 0.6) is 0 Å². The normalized spacial score (nSPS) is 15.3. The summed E-state index contributed by atoms with van der Waals surface area (Å²) >= 11 is 13.1. The van der Waals surface area contributed by atoms with E-state index in [0.717, 1.165) is 23.7 Å². The van der Waals surface area contributed by atoms with Crippen LogP contribution in [0.15, 0.2) is 35.6 Å². The number of halogens is 3. The molecule has 3 aromatic rings. The number of anilines is 2. The Balaban J connectivity index is 1.68. The van der Waals surface area contributed by atoms with E-state index < -0.39 is 26.2 Å². The molecule has 0 spiro atoms. The summed E-state index contributed by atoms with van der Waals surface area (Å²) in [4.78, 5) is 21.5. The molecule has 0 bridgehead atoms. The van der Waals surface area contributed by atoms with E-state index in [-0.39, 0.29) is 33.3 Å². The van der Waals surface area contributed by atoms with Crippen LogP contribution in [0.3, 0.4) is 0 Å². The van der Waals surface area contributed by atoms with Crippen LogP contribution in [0.25, 0.3) is 0 Å². The Labute approximate surface area is 191 Å². The zero-order valence-electron chi connectivity index (χ0n) is 16.1. The number of nitrogens with one attached hydrogen (secondary N) is 1. The number of nitrogens with zero attached hydrogens (tertiary/aromatic N) is 4. The number of aromatic nitrogens is 3.